The monoisotopic (exact) mass is 1090 g/mol. The van der Waals surface area contributed by atoms with Crippen molar-refractivity contribution in [1.82, 2.24) is 0 Å². The highest BCUT2D eigenvalue weighted by molar-refractivity contribution is 5.71. The number of esters is 3. The summed E-state index contributed by atoms with van der Waals surface area (Å²) in [4.78, 5) is 38.2. The fraction of sp³-hybridized carbons (Fsp3) is 0.603. The molecule has 0 spiro atoms. The van der Waals surface area contributed by atoms with E-state index in [1.165, 1.54) is 64.2 Å². The number of ether oxygens (including phenoxy) is 3. The van der Waals surface area contributed by atoms with Crippen molar-refractivity contribution < 1.29 is 28.6 Å². The summed E-state index contributed by atoms with van der Waals surface area (Å²) in [6.07, 6.45) is 95.4. The molecular formula is C73H116O6. The molecule has 0 aliphatic carbocycles. The highest BCUT2D eigenvalue weighted by atomic mass is 16.6. The summed E-state index contributed by atoms with van der Waals surface area (Å²) in [5.41, 5.74) is 0. The summed E-state index contributed by atoms with van der Waals surface area (Å²) in [5, 5.41) is 0. The Morgan fingerprint density at radius 2 is 0.494 bits per heavy atom. The number of unbranched alkanes of at least 4 members (excludes halogenated alkanes) is 19. The van der Waals surface area contributed by atoms with Crippen LogP contribution in [0.5, 0.6) is 0 Å². The van der Waals surface area contributed by atoms with E-state index in [9.17, 15) is 14.4 Å². The first kappa shape index (κ1) is 74.0. The van der Waals surface area contributed by atoms with Gasteiger partial charge in [-0.2, -0.15) is 0 Å². The Bertz CT molecular complexity index is 1780. The molecule has 0 rings (SSSR count). The third-order valence-electron chi connectivity index (χ3n) is 13.0. The third-order valence-corrected chi connectivity index (χ3v) is 13.0. The van der Waals surface area contributed by atoms with Gasteiger partial charge in [0.1, 0.15) is 13.2 Å². The Balaban J connectivity index is 4.33. The number of rotatable bonds is 56. The smallest absolute Gasteiger partial charge is 0.306 e. The van der Waals surface area contributed by atoms with Gasteiger partial charge in [0, 0.05) is 19.3 Å². The minimum absolute atomic E-state index is 0.0967. The second kappa shape index (κ2) is 65.5. The highest BCUT2D eigenvalue weighted by Gasteiger charge is 2.19. The van der Waals surface area contributed by atoms with Crippen LogP contribution in [0.2, 0.25) is 0 Å². The Morgan fingerprint density at radius 1 is 0.266 bits per heavy atom. The van der Waals surface area contributed by atoms with Gasteiger partial charge in [0.25, 0.3) is 0 Å². The van der Waals surface area contributed by atoms with Crippen molar-refractivity contribution >= 4 is 17.9 Å². The molecule has 0 saturated carbocycles. The number of carbonyl (C=O) groups excluding carboxylic acids is 3. The molecule has 0 aliphatic rings. The lowest BCUT2D eigenvalue weighted by Gasteiger charge is -2.18. The van der Waals surface area contributed by atoms with Gasteiger partial charge in [0.05, 0.1) is 0 Å². The summed E-state index contributed by atoms with van der Waals surface area (Å²) in [7, 11) is 0. The van der Waals surface area contributed by atoms with Crippen molar-refractivity contribution in [2.75, 3.05) is 13.2 Å². The van der Waals surface area contributed by atoms with Crippen LogP contribution in [0.4, 0.5) is 0 Å². The second-order valence-corrected chi connectivity index (χ2v) is 20.6. The number of carbonyl (C=O) groups is 3. The molecule has 1 unspecified atom stereocenters. The molecule has 0 N–H and O–H groups in total. The summed E-state index contributed by atoms with van der Waals surface area (Å²) in [6.45, 7) is 6.36. The Morgan fingerprint density at radius 3 is 0.772 bits per heavy atom. The van der Waals surface area contributed by atoms with Crippen LogP contribution < -0.4 is 0 Å². The molecule has 0 fully saturated rings. The minimum atomic E-state index is -0.803. The van der Waals surface area contributed by atoms with Crippen molar-refractivity contribution in [1.29, 1.82) is 0 Å². The van der Waals surface area contributed by atoms with Crippen LogP contribution in [-0.4, -0.2) is 37.2 Å². The first-order chi connectivity index (χ1) is 39.0. The normalized spacial score (nSPS) is 13.2. The summed E-state index contributed by atoms with van der Waals surface area (Å²) in [5.74, 6) is -0.940. The average molecular weight is 1090 g/mol. The van der Waals surface area contributed by atoms with Crippen LogP contribution in [0.15, 0.2) is 158 Å². The quantitative estimate of drug-likeness (QED) is 0.0261. The summed E-state index contributed by atoms with van der Waals surface area (Å²) < 4.78 is 16.8. The molecule has 0 bridgehead atoms. The molecule has 6 nitrogen and oxygen atoms in total. The van der Waals surface area contributed by atoms with E-state index in [0.717, 1.165) is 161 Å². The lowest BCUT2D eigenvalue weighted by molar-refractivity contribution is -0.167. The Kier molecular flexibility index (Phi) is 61.4. The second-order valence-electron chi connectivity index (χ2n) is 20.6. The standard InChI is InChI=1S/C73H116O6/c1-4-7-10-13-16-19-21-23-25-27-29-31-33-34-35-36-37-38-40-41-43-45-47-49-51-54-57-60-63-66-72(75)78-69-70(68-77-71(74)65-62-59-56-53-18-15-12-9-6-3)79-73(76)67-64-61-58-55-52-50-48-46-44-42-39-32-30-28-26-24-22-20-17-14-11-8-5-2/h7-8,10-11,16-17,19-20,23-26,29-32,34-35,37-38,41-44,48,50,70H,4-6,9,12-15,18,21-22,27-28,33,36,39-40,45-47,49,51-69H2,1-3H3/b10-7-,11-8-,19-16-,20-17-,25-23-,26-24-,31-29-,32-30-,35-34-,38-37-,43-41-,44-42-,50-48-. The van der Waals surface area contributed by atoms with Crippen LogP contribution in [0.25, 0.3) is 0 Å². The van der Waals surface area contributed by atoms with Gasteiger partial charge in [-0.3, -0.25) is 14.4 Å². The van der Waals surface area contributed by atoms with Crippen LogP contribution in [-0.2, 0) is 28.6 Å². The SMILES string of the molecule is CC/C=C\C/C=C\C/C=C\C/C=C\C/C=C\C/C=C\C/C=C\CCCCCCCCCC(=O)OCC(COC(=O)CCCCCCCCCCC)OC(=O)CCCCCC/C=C\C/C=C\C/C=C\C/C=C\C/C=C\C/C=C\CC. The minimum Gasteiger partial charge on any atom is -0.462 e. The maximum absolute atomic E-state index is 12.9. The first-order valence-electron chi connectivity index (χ1n) is 32.0. The lowest BCUT2D eigenvalue weighted by Crippen LogP contribution is -2.30. The Hall–Kier alpha value is -4.97. The molecule has 0 aromatic heterocycles. The molecule has 0 aromatic carbocycles. The number of allylic oxidation sites excluding steroid dienone is 26. The zero-order valence-corrected chi connectivity index (χ0v) is 50.8. The topological polar surface area (TPSA) is 78.9 Å². The fourth-order valence-electron chi connectivity index (χ4n) is 8.31. The van der Waals surface area contributed by atoms with Gasteiger partial charge in [-0.05, 0) is 128 Å². The van der Waals surface area contributed by atoms with E-state index < -0.39 is 6.10 Å². The molecule has 6 heteroatoms. The molecule has 0 aliphatic heterocycles. The van der Waals surface area contributed by atoms with Gasteiger partial charge < -0.3 is 14.2 Å². The predicted octanol–water partition coefficient (Wildman–Crippen LogP) is 22.1. The molecular weight excluding hydrogens is 973 g/mol. The van der Waals surface area contributed by atoms with Gasteiger partial charge >= 0.3 is 17.9 Å². The molecule has 0 saturated heterocycles. The van der Waals surface area contributed by atoms with Crippen molar-refractivity contribution in [2.24, 2.45) is 0 Å². The average Bonchev–Trinajstić information content (AvgIpc) is 3.45. The maximum Gasteiger partial charge on any atom is 0.306 e. The number of hydrogen-bond acceptors (Lipinski definition) is 6. The van der Waals surface area contributed by atoms with Crippen LogP contribution in [0.3, 0.4) is 0 Å². The largest absolute Gasteiger partial charge is 0.462 e. The van der Waals surface area contributed by atoms with Crippen molar-refractivity contribution in [3.05, 3.63) is 158 Å². The zero-order chi connectivity index (χ0) is 57.1. The fourth-order valence-corrected chi connectivity index (χ4v) is 8.31. The van der Waals surface area contributed by atoms with Crippen molar-refractivity contribution in [2.45, 2.75) is 271 Å². The first-order valence-corrected chi connectivity index (χ1v) is 32.0. The van der Waals surface area contributed by atoms with Crippen LogP contribution in [0, 0.1) is 0 Å². The molecule has 0 radical (unpaired) electrons. The number of hydrogen-bond donors (Lipinski definition) is 0. The maximum atomic E-state index is 12.9. The van der Waals surface area contributed by atoms with Gasteiger partial charge in [-0.25, -0.2) is 0 Å². The molecule has 444 valence electrons. The van der Waals surface area contributed by atoms with E-state index in [1.54, 1.807) is 0 Å². The van der Waals surface area contributed by atoms with Gasteiger partial charge in [-0.1, -0.05) is 275 Å². The van der Waals surface area contributed by atoms with E-state index in [-0.39, 0.29) is 31.1 Å². The van der Waals surface area contributed by atoms with E-state index in [1.807, 2.05) is 0 Å². The molecule has 0 heterocycles. The molecule has 79 heavy (non-hydrogen) atoms. The zero-order valence-electron chi connectivity index (χ0n) is 50.8. The summed E-state index contributed by atoms with van der Waals surface area (Å²) in [6, 6.07) is 0. The third kappa shape index (κ3) is 63.7. The van der Waals surface area contributed by atoms with E-state index in [2.05, 4.69) is 179 Å². The van der Waals surface area contributed by atoms with Gasteiger partial charge in [-0.15, -0.1) is 0 Å². The van der Waals surface area contributed by atoms with Crippen LogP contribution >= 0.6 is 0 Å². The molecule has 0 amide bonds. The van der Waals surface area contributed by atoms with Crippen LogP contribution in [0.1, 0.15) is 265 Å². The highest BCUT2D eigenvalue weighted by Crippen LogP contribution is 2.14. The van der Waals surface area contributed by atoms with E-state index in [0.29, 0.717) is 19.3 Å². The van der Waals surface area contributed by atoms with E-state index >= 15 is 0 Å². The van der Waals surface area contributed by atoms with Crippen molar-refractivity contribution in [3.8, 4) is 0 Å². The van der Waals surface area contributed by atoms with Gasteiger partial charge in [0.15, 0.2) is 6.10 Å². The van der Waals surface area contributed by atoms with Gasteiger partial charge in [0.2, 0.25) is 0 Å². The molecule has 0 aromatic rings. The van der Waals surface area contributed by atoms with E-state index in [4.69, 9.17) is 14.2 Å². The molecule has 1 atom stereocenters. The van der Waals surface area contributed by atoms with Crippen molar-refractivity contribution in [3.63, 3.8) is 0 Å². The Labute approximate surface area is 486 Å². The summed E-state index contributed by atoms with van der Waals surface area (Å²) >= 11 is 0. The predicted molar refractivity (Wildman–Crippen MR) is 343 cm³/mol. The lowest BCUT2D eigenvalue weighted by atomic mass is 10.1.